The fourth-order valence-electron chi connectivity index (χ4n) is 2.40. The van der Waals surface area contributed by atoms with Crippen molar-refractivity contribution in [2.75, 3.05) is 13.7 Å². The number of hydrogen-bond acceptors (Lipinski definition) is 5. The number of methoxy groups -OCH3 is 1. The van der Waals surface area contributed by atoms with Crippen LogP contribution < -0.4 is 9.47 Å². The molecule has 1 aromatic heterocycles. The van der Waals surface area contributed by atoms with Gasteiger partial charge in [-0.15, -0.1) is 0 Å². The van der Waals surface area contributed by atoms with E-state index in [4.69, 9.17) is 21.7 Å². The lowest BCUT2D eigenvalue weighted by Gasteiger charge is -2.07. The van der Waals surface area contributed by atoms with Crippen molar-refractivity contribution in [3.8, 4) is 22.9 Å². The molecule has 26 heavy (non-hydrogen) atoms. The second-order valence-corrected chi connectivity index (χ2v) is 5.91. The smallest absolute Gasteiger partial charge is 0.216 e. The molecule has 134 valence electrons. The first-order valence-electron chi connectivity index (χ1n) is 8.31. The lowest BCUT2D eigenvalue weighted by atomic mass is 10.2. The van der Waals surface area contributed by atoms with E-state index in [1.165, 1.54) is 0 Å². The number of para-hydroxylation sites is 1. The number of nitrogens with one attached hydrogen (secondary N) is 1. The molecule has 0 saturated carbocycles. The molecule has 0 atom stereocenters. The van der Waals surface area contributed by atoms with Crippen LogP contribution in [0.3, 0.4) is 0 Å². The minimum absolute atomic E-state index is 0.407. The first-order chi connectivity index (χ1) is 12.7. The van der Waals surface area contributed by atoms with Gasteiger partial charge in [-0.3, -0.25) is 0 Å². The lowest BCUT2D eigenvalue weighted by molar-refractivity contribution is 0.317. The molecule has 2 aromatic carbocycles. The van der Waals surface area contributed by atoms with Gasteiger partial charge in [0.2, 0.25) is 4.77 Å². The quantitative estimate of drug-likeness (QED) is 0.499. The molecule has 1 heterocycles. The first kappa shape index (κ1) is 17.9. The van der Waals surface area contributed by atoms with Gasteiger partial charge in [0, 0.05) is 0 Å². The molecule has 7 heteroatoms. The minimum Gasteiger partial charge on any atom is -0.496 e. The van der Waals surface area contributed by atoms with E-state index in [2.05, 4.69) is 22.2 Å². The molecule has 0 aliphatic rings. The van der Waals surface area contributed by atoms with Crippen LogP contribution in [0.4, 0.5) is 0 Å². The van der Waals surface area contributed by atoms with Crippen molar-refractivity contribution < 1.29 is 9.47 Å². The number of rotatable bonds is 7. The third-order valence-corrected chi connectivity index (χ3v) is 3.94. The van der Waals surface area contributed by atoms with E-state index in [-0.39, 0.29) is 0 Å². The van der Waals surface area contributed by atoms with Crippen LogP contribution in [-0.4, -0.2) is 34.8 Å². The molecule has 6 nitrogen and oxygen atoms in total. The van der Waals surface area contributed by atoms with Gasteiger partial charge >= 0.3 is 0 Å². The fraction of sp³-hybridized carbons (Fsp3) is 0.211. The van der Waals surface area contributed by atoms with Crippen molar-refractivity contribution in [2.24, 2.45) is 5.10 Å². The van der Waals surface area contributed by atoms with Gasteiger partial charge in [-0.25, -0.2) is 5.10 Å². The maximum Gasteiger partial charge on any atom is 0.216 e. The summed E-state index contributed by atoms with van der Waals surface area (Å²) >= 11 is 5.31. The SMILES string of the molecule is CCCOc1ccc(/C=N/n2c(-c3ccccc3OC)n[nH]c2=S)cc1. The molecule has 0 unspecified atom stereocenters. The number of ether oxygens (including phenoxy) is 2. The summed E-state index contributed by atoms with van der Waals surface area (Å²) in [4.78, 5) is 0. The molecule has 0 bridgehead atoms. The number of nitrogens with zero attached hydrogens (tertiary/aromatic N) is 3. The first-order valence-corrected chi connectivity index (χ1v) is 8.71. The summed E-state index contributed by atoms with van der Waals surface area (Å²) in [6, 6.07) is 15.3. The molecule has 0 aliphatic carbocycles. The average Bonchev–Trinajstić information content (AvgIpc) is 3.05. The van der Waals surface area contributed by atoms with Gasteiger partial charge in [0.25, 0.3) is 0 Å². The van der Waals surface area contributed by atoms with Crippen LogP contribution in [0, 0.1) is 4.77 Å². The Labute approximate surface area is 157 Å². The second-order valence-electron chi connectivity index (χ2n) is 5.53. The standard InChI is InChI=1S/C19H20N4O2S/c1-3-12-25-15-10-8-14(9-11-15)13-20-23-18(21-22-19(23)26)16-6-4-5-7-17(16)24-2/h4-11,13H,3,12H2,1-2H3,(H,22,26)/b20-13+. The van der Waals surface area contributed by atoms with Gasteiger partial charge in [0.15, 0.2) is 5.82 Å². The van der Waals surface area contributed by atoms with Crippen LogP contribution in [0.2, 0.25) is 0 Å². The van der Waals surface area contributed by atoms with Gasteiger partial charge in [-0.1, -0.05) is 19.1 Å². The van der Waals surface area contributed by atoms with Crippen LogP contribution >= 0.6 is 12.2 Å². The topological polar surface area (TPSA) is 64.4 Å². The predicted octanol–water partition coefficient (Wildman–Crippen LogP) is 4.29. The number of aromatic amines is 1. The molecule has 0 fully saturated rings. The van der Waals surface area contributed by atoms with Crippen LogP contribution in [0.1, 0.15) is 18.9 Å². The van der Waals surface area contributed by atoms with Crippen molar-refractivity contribution in [3.05, 3.63) is 58.9 Å². The summed E-state index contributed by atoms with van der Waals surface area (Å²) in [6.07, 6.45) is 2.71. The summed E-state index contributed by atoms with van der Waals surface area (Å²) < 4.78 is 13.0. The van der Waals surface area contributed by atoms with Crippen LogP contribution in [0.25, 0.3) is 11.4 Å². The Bertz CT molecular complexity index is 945. The Morgan fingerprint density at radius 1 is 1.19 bits per heavy atom. The summed E-state index contributed by atoms with van der Waals surface area (Å²) in [7, 11) is 1.62. The molecule has 3 aromatic rings. The molecular formula is C19H20N4O2S. The fourth-order valence-corrected chi connectivity index (χ4v) is 2.58. The van der Waals surface area contributed by atoms with E-state index in [9.17, 15) is 0 Å². The molecule has 0 radical (unpaired) electrons. The van der Waals surface area contributed by atoms with Crippen molar-refractivity contribution in [2.45, 2.75) is 13.3 Å². The Kier molecular flexibility index (Phi) is 5.80. The molecule has 0 spiro atoms. The molecule has 0 aliphatic heterocycles. The van der Waals surface area contributed by atoms with Gasteiger partial charge < -0.3 is 9.47 Å². The average molecular weight is 368 g/mol. The second kappa shape index (κ2) is 8.44. The zero-order chi connectivity index (χ0) is 18.4. The molecular weight excluding hydrogens is 348 g/mol. The van der Waals surface area contributed by atoms with E-state index in [1.807, 2.05) is 48.5 Å². The number of hydrogen-bond donors (Lipinski definition) is 1. The Morgan fingerprint density at radius 3 is 2.69 bits per heavy atom. The molecule has 1 N–H and O–H groups in total. The minimum atomic E-state index is 0.407. The van der Waals surface area contributed by atoms with Crippen LogP contribution in [0.5, 0.6) is 11.5 Å². The largest absolute Gasteiger partial charge is 0.496 e. The van der Waals surface area contributed by atoms with Gasteiger partial charge in [0.1, 0.15) is 11.5 Å². The summed E-state index contributed by atoms with van der Waals surface area (Å²) in [6.45, 7) is 2.79. The highest BCUT2D eigenvalue weighted by Gasteiger charge is 2.12. The van der Waals surface area contributed by atoms with Crippen LogP contribution in [-0.2, 0) is 0 Å². The van der Waals surface area contributed by atoms with E-state index < -0.39 is 0 Å². The molecule has 0 saturated heterocycles. The van der Waals surface area contributed by atoms with E-state index in [1.54, 1.807) is 18.0 Å². The summed E-state index contributed by atoms with van der Waals surface area (Å²) in [5.74, 6) is 2.14. The Morgan fingerprint density at radius 2 is 1.96 bits per heavy atom. The third kappa shape index (κ3) is 4.00. The van der Waals surface area contributed by atoms with Crippen molar-refractivity contribution in [3.63, 3.8) is 0 Å². The summed E-state index contributed by atoms with van der Waals surface area (Å²) in [5, 5.41) is 11.5. The Hall–Kier alpha value is -2.93. The maximum atomic E-state index is 5.59. The van der Waals surface area contributed by atoms with E-state index in [0.29, 0.717) is 23.0 Å². The highest BCUT2D eigenvalue weighted by Crippen LogP contribution is 2.28. The van der Waals surface area contributed by atoms with Gasteiger partial charge in [-0.05, 0) is 60.6 Å². The highest BCUT2D eigenvalue weighted by molar-refractivity contribution is 7.71. The maximum absolute atomic E-state index is 5.59. The van der Waals surface area contributed by atoms with E-state index >= 15 is 0 Å². The van der Waals surface area contributed by atoms with Crippen molar-refractivity contribution in [1.29, 1.82) is 0 Å². The normalized spacial score (nSPS) is 11.0. The predicted molar refractivity (Wildman–Crippen MR) is 105 cm³/mol. The number of benzene rings is 2. The third-order valence-electron chi connectivity index (χ3n) is 3.67. The Balaban J connectivity index is 1.88. The lowest BCUT2D eigenvalue weighted by Crippen LogP contribution is -1.97. The van der Waals surface area contributed by atoms with Crippen LogP contribution in [0.15, 0.2) is 53.6 Å². The van der Waals surface area contributed by atoms with E-state index in [0.717, 1.165) is 23.3 Å². The zero-order valence-electron chi connectivity index (χ0n) is 14.7. The van der Waals surface area contributed by atoms with Crippen molar-refractivity contribution in [1.82, 2.24) is 14.9 Å². The number of aromatic nitrogens is 3. The van der Waals surface area contributed by atoms with Crippen molar-refractivity contribution >= 4 is 18.4 Å². The highest BCUT2D eigenvalue weighted by atomic mass is 32.1. The summed E-state index contributed by atoms with van der Waals surface area (Å²) in [5.41, 5.74) is 1.74. The monoisotopic (exact) mass is 368 g/mol. The molecule has 3 rings (SSSR count). The number of H-pyrrole nitrogens is 1. The van der Waals surface area contributed by atoms with Gasteiger partial charge in [-0.2, -0.15) is 14.9 Å². The van der Waals surface area contributed by atoms with Gasteiger partial charge in [0.05, 0.1) is 25.5 Å². The zero-order valence-corrected chi connectivity index (χ0v) is 15.5. The molecule has 0 amide bonds.